The Bertz CT molecular complexity index is 323. The summed E-state index contributed by atoms with van der Waals surface area (Å²) >= 11 is 0. The Labute approximate surface area is 95.2 Å². The fourth-order valence-corrected chi connectivity index (χ4v) is 2.67. The topological polar surface area (TPSA) is 61.2 Å². The highest BCUT2D eigenvalue weighted by Crippen LogP contribution is 2.38. The van der Waals surface area contributed by atoms with Crippen LogP contribution in [0, 0.1) is 23.2 Å². The highest BCUT2D eigenvalue weighted by atomic mass is 16.2. The number of likely N-dealkylation sites (tertiary alicyclic amines) is 1. The van der Waals surface area contributed by atoms with Crippen LogP contribution in [0.2, 0.25) is 0 Å². The van der Waals surface area contributed by atoms with Crippen molar-refractivity contribution in [2.75, 3.05) is 6.54 Å². The lowest BCUT2D eigenvalue weighted by Crippen LogP contribution is -2.46. The predicted molar refractivity (Wildman–Crippen MR) is 57.0 cm³/mol. The molecule has 0 aromatic carbocycles. The second-order valence-electron chi connectivity index (χ2n) is 4.65. The highest BCUT2D eigenvalue weighted by Gasteiger charge is 2.44. The zero-order valence-electron chi connectivity index (χ0n) is 9.32. The van der Waals surface area contributed by atoms with Gasteiger partial charge in [-0.05, 0) is 32.1 Å². The van der Waals surface area contributed by atoms with Crippen LogP contribution in [0.1, 0.15) is 38.5 Å². The molecule has 4 nitrogen and oxygen atoms in total. The first-order valence-electron chi connectivity index (χ1n) is 5.96. The van der Waals surface area contributed by atoms with Crippen LogP contribution < -0.4 is 0 Å². The molecule has 0 aromatic rings. The zero-order chi connectivity index (χ0) is 11.5. The number of hydrogen-bond acceptors (Lipinski definition) is 3. The van der Waals surface area contributed by atoms with Crippen LogP contribution in [0.4, 0.5) is 0 Å². The highest BCUT2D eigenvalue weighted by molar-refractivity contribution is 6.00. The lowest BCUT2D eigenvalue weighted by Gasteiger charge is -2.29. The second kappa shape index (κ2) is 4.65. The van der Waals surface area contributed by atoms with E-state index in [1.165, 1.54) is 4.90 Å². The Kier molecular flexibility index (Phi) is 3.23. The molecule has 2 aliphatic rings. The van der Waals surface area contributed by atoms with Gasteiger partial charge < -0.3 is 0 Å². The number of fused-ring (bicyclic) bond motifs is 2. The fourth-order valence-electron chi connectivity index (χ4n) is 2.67. The van der Waals surface area contributed by atoms with Gasteiger partial charge in [-0.1, -0.05) is 0 Å². The van der Waals surface area contributed by atoms with Gasteiger partial charge in [0.25, 0.3) is 0 Å². The Morgan fingerprint density at radius 3 is 2.38 bits per heavy atom. The van der Waals surface area contributed by atoms with Crippen LogP contribution in [-0.4, -0.2) is 23.3 Å². The number of imide groups is 1. The van der Waals surface area contributed by atoms with Crippen LogP contribution in [0.5, 0.6) is 0 Å². The standard InChI is InChI=1S/C12H16N2O2/c13-6-2-1-3-7-14-11(15)9-4-5-10(8-9)12(14)16/h9-10H,1-5,7-8H2. The number of carbonyl (C=O) groups is 2. The van der Waals surface area contributed by atoms with Crippen molar-refractivity contribution in [2.24, 2.45) is 11.8 Å². The third kappa shape index (κ3) is 1.95. The van der Waals surface area contributed by atoms with E-state index in [1.54, 1.807) is 0 Å². The smallest absolute Gasteiger partial charge is 0.232 e. The molecule has 1 aliphatic carbocycles. The number of nitriles is 1. The molecule has 2 atom stereocenters. The van der Waals surface area contributed by atoms with E-state index in [1.807, 2.05) is 0 Å². The van der Waals surface area contributed by atoms with Gasteiger partial charge in [-0.2, -0.15) is 5.26 Å². The summed E-state index contributed by atoms with van der Waals surface area (Å²) in [6.45, 7) is 0.506. The fraction of sp³-hybridized carbons (Fsp3) is 0.750. The average Bonchev–Trinajstić information content (AvgIpc) is 2.72. The van der Waals surface area contributed by atoms with Crippen LogP contribution in [0.25, 0.3) is 0 Å². The van der Waals surface area contributed by atoms with Gasteiger partial charge in [-0.15, -0.1) is 0 Å². The molecule has 1 saturated carbocycles. The van der Waals surface area contributed by atoms with Crippen molar-refractivity contribution in [3.8, 4) is 6.07 Å². The number of unbranched alkanes of at least 4 members (excludes halogenated alkanes) is 2. The molecule has 2 bridgehead atoms. The second-order valence-corrected chi connectivity index (χ2v) is 4.65. The molecule has 2 amide bonds. The SMILES string of the molecule is N#CCCCCN1C(=O)C2CCC(C2)C1=O. The summed E-state index contributed by atoms with van der Waals surface area (Å²) in [5, 5.41) is 8.40. The maximum atomic E-state index is 11.9. The van der Waals surface area contributed by atoms with Crippen LogP contribution in [0.3, 0.4) is 0 Å². The molecular weight excluding hydrogens is 204 g/mol. The van der Waals surface area contributed by atoms with E-state index in [0.717, 1.165) is 32.1 Å². The summed E-state index contributed by atoms with van der Waals surface area (Å²) in [7, 11) is 0. The van der Waals surface area contributed by atoms with E-state index in [2.05, 4.69) is 6.07 Å². The molecule has 2 fully saturated rings. The summed E-state index contributed by atoms with van der Waals surface area (Å²) in [6, 6.07) is 2.07. The van der Waals surface area contributed by atoms with Crippen molar-refractivity contribution in [1.29, 1.82) is 5.26 Å². The van der Waals surface area contributed by atoms with Gasteiger partial charge in [0.2, 0.25) is 11.8 Å². The quantitative estimate of drug-likeness (QED) is 0.532. The van der Waals surface area contributed by atoms with Crippen LogP contribution in [-0.2, 0) is 9.59 Å². The minimum Gasteiger partial charge on any atom is -0.282 e. The van der Waals surface area contributed by atoms with Crippen molar-refractivity contribution in [3.05, 3.63) is 0 Å². The number of hydrogen-bond donors (Lipinski definition) is 0. The van der Waals surface area contributed by atoms with Gasteiger partial charge in [0.05, 0.1) is 6.07 Å². The Balaban J connectivity index is 1.91. The first kappa shape index (κ1) is 11.1. The molecule has 2 rings (SSSR count). The molecular formula is C12H16N2O2. The van der Waals surface area contributed by atoms with Gasteiger partial charge in [-0.25, -0.2) is 0 Å². The first-order valence-corrected chi connectivity index (χ1v) is 5.96. The largest absolute Gasteiger partial charge is 0.282 e. The van der Waals surface area contributed by atoms with Crippen molar-refractivity contribution in [3.63, 3.8) is 0 Å². The zero-order valence-corrected chi connectivity index (χ0v) is 9.32. The average molecular weight is 220 g/mol. The first-order chi connectivity index (χ1) is 7.74. The maximum absolute atomic E-state index is 11.9. The van der Waals surface area contributed by atoms with E-state index in [4.69, 9.17) is 5.26 Å². The minimum absolute atomic E-state index is 0.0238. The predicted octanol–water partition coefficient (Wildman–Crippen LogP) is 1.47. The molecule has 0 aromatic heterocycles. The van der Waals surface area contributed by atoms with Gasteiger partial charge in [-0.3, -0.25) is 14.5 Å². The summed E-state index contributed by atoms with van der Waals surface area (Å²) in [4.78, 5) is 25.2. The van der Waals surface area contributed by atoms with Gasteiger partial charge in [0.1, 0.15) is 0 Å². The molecule has 1 heterocycles. The van der Waals surface area contributed by atoms with E-state index in [9.17, 15) is 9.59 Å². The molecule has 2 unspecified atom stereocenters. The van der Waals surface area contributed by atoms with E-state index in [0.29, 0.717) is 13.0 Å². The molecule has 0 spiro atoms. The van der Waals surface area contributed by atoms with Crippen molar-refractivity contribution in [2.45, 2.75) is 38.5 Å². The van der Waals surface area contributed by atoms with Crippen molar-refractivity contribution in [1.82, 2.24) is 4.90 Å². The van der Waals surface area contributed by atoms with Gasteiger partial charge in [0.15, 0.2) is 0 Å². The van der Waals surface area contributed by atoms with Crippen molar-refractivity contribution >= 4 is 11.8 Å². The third-order valence-electron chi connectivity index (χ3n) is 3.58. The lowest BCUT2D eigenvalue weighted by molar-refractivity contribution is -0.152. The summed E-state index contributed by atoms with van der Waals surface area (Å²) < 4.78 is 0. The van der Waals surface area contributed by atoms with Gasteiger partial charge in [0, 0.05) is 24.8 Å². The van der Waals surface area contributed by atoms with E-state index >= 15 is 0 Å². The normalized spacial score (nSPS) is 28.3. The summed E-state index contributed by atoms with van der Waals surface area (Å²) in [5.41, 5.74) is 0. The number of amides is 2. The van der Waals surface area contributed by atoms with Gasteiger partial charge >= 0.3 is 0 Å². The monoisotopic (exact) mass is 220 g/mol. The molecule has 1 aliphatic heterocycles. The number of rotatable bonds is 4. The third-order valence-corrected chi connectivity index (χ3v) is 3.58. The maximum Gasteiger partial charge on any atom is 0.232 e. The molecule has 0 radical (unpaired) electrons. The number of piperidine rings is 1. The van der Waals surface area contributed by atoms with E-state index in [-0.39, 0.29) is 23.7 Å². The summed E-state index contributed by atoms with van der Waals surface area (Å²) in [6.07, 6.45) is 4.55. The van der Waals surface area contributed by atoms with Crippen LogP contribution in [0.15, 0.2) is 0 Å². The molecule has 0 N–H and O–H groups in total. The molecule has 4 heteroatoms. The Morgan fingerprint density at radius 1 is 1.19 bits per heavy atom. The lowest BCUT2D eigenvalue weighted by atomic mass is 9.97. The molecule has 16 heavy (non-hydrogen) atoms. The van der Waals surface area contributed by atoms with Crippen LogP contribution >= 0.6 is 0 Å². The number of nitrogens with zero attached hydrogens (tertiary/aromatic N) is 2. The Hall–Kier alpha value is -1.37. The minimum atomic E-state index is 0.0238. The summed E-state index contributed by atoms with van der Waals surface area (Å²) in [5.74, 6) is 0.240. The molecule has 86 valence electrons. The molecule has 1 saturated heterocycles. The Morgan fingerprint density at radius 2 is 1.81 bits per heavy atom. The van der Waals surface area contributed by atoms with E-state index < -0.39 is 0 Å². The number of carbonyl (C=O) groups excluding carboxylic acids is 2. The van der Waals surface area contributed by atoms with Crippen molar-refractivity contribution < 1.29 is 9.59 Å².